The second kappa shape index (κ2) is 7.42. The number of nitrogens with one attached hydrogen (secondary N) is 1. The van der Waals surface area contributed by atoms with Gasteiger partial charge in [-0.1, -0.05) is 43.7 Å². The third kappa shape index (κ3) is 4.02. The molecule has 2 heterocycles. The number of aromatic nitrogens is 4. The second-order valence-electron chi connectivity index (χ2n) is 6.27. The molecule has 0 aliphatic rings. The summed E-state index contributed by atoms with van der Waals surface area (Å²) in [4.78, 5) is 21.2. The molecular weight excluding hydrogens is 314 g/mol. The Morgan fingerprint density at radius 1 is 1.20 bits per heavy atom. The topological polar surface area (TPSA) is 72.2 Å². The molecule has 0 saturated carbocycles. The maximum Gasteiger partial charge on any atom is 0.252 e. The van der Waals surface area contributed by atoms with Crippen molar-refractivity contribution >= 4 is 11.7 Å². The number of carbonyl (C=O) groups is 1. The van der Waals surface area contributed by atoms with Crippen molar-refractivity contribution in [3.63, 3.8) is 0 Å². The van der Waals surface area contributed by atoms with Crippen LogP contribution in [0.25, 0.3) is 5.78 Å². The molecule has 1 atom stereocenters. The van der Waals surface area contributed by atoms with E-state index in [2.05, 4.69) is 27.3 Å². The zero-order valence-corrected chi connectivity index (χ0v) is 14.9. The Morgan fingerprint density at radius 3 is 2.68 bits per heavy atom. The first-order chi connectivity index (χ1) is 12.1. The molecule has 2 aromatic heterocycles. The first-order valence-corrected chi connectivity index (χ1v) is 8.61. The summed E-state index contributed by atoms with van der Waals surface area (Å²) in [7, 11) is 0. The average Bonchev–Trinajstić information content (AvgIpc) is 2.97. The number of benzene rings is 1. The molecule has 0 spiro atoms. The summed E-state index contributed by atoms with van der Waals surface area (Å²) in [5.74, 6) is 0.947. The van der Waals surface area contributed by atoms with Gasteiger partial charge in [0.2, 0.25) is 5.91 Å². The Labute approximate surface area is 147 Å². The number of hydrogen-bond donors (Lipinski definition) is 1. The number of hydrogen-bond acceptors (Lipinski definition) is 4. The van der Waals surface area contributed by atoms with Gasteiger partial charge in [0, 0.05) is 11.4 Å². The summed E-state index contributed by atoms with van der Waals surface area (Å²) < 4.78 is 1.68. The van der Waals surface area contributed by atoms with Crippen LogP contribution >= 0.6 is 0 Å². The van der Waals surface area contributed by atoms with E-state index in [1.807, 2.05) is 50.2 Å². The van der Waals surface area contributed by atoms with Gasteiger partial charge < -0.3 is 5.32 Å². The smallest absolute Gasteiger partial charge is 0.252 e. The summed E-state index contributed by atoms with van der Waals surface area (Å²) in [6, 6.07) is 12.0. The van der Waals surface area contributed by atoms with Gasteiger partial charge in [-0.05, 0) is 31.9 Å². The summed E-state index contributed by atoms with van der Waals surface area (Å²) in [5, 5.41) is 7.51. The van der Waals surface area contributed by atoms with E-state index in [-0.39, 0.29) is 18.4 Å². The van der Waals surface area contributed by atoms with Crippen LogP contribution in [0.2, 0.25) is 0 Å². The fraction of sp³-hybridized carbons (Fsp3) is 0.368. The predicted molar refractivity (Wildman–Crippen MR) is 96.2 cm³/mol. The van der Waals surface area contributed by atoms with Crippen molar-refractivity contribution in [3.05, 3.63) is 59.2 Å². The lowest BCUT2D eigenvalue weighted by molar-refractivity contribution is -0.121. The SMILES string of the molecule is CCC[C@@H](NC(=O)Cc1nc2nc(C)cc(C)n2n1)c1ccccc1. The molecule has 1 aromatic carbocycles. The molecule has 0 radical (unpaired) electrons. The molecule has 0 saturated heterocycles. The molecule has 1 amide bonds. The third-order valence-electron chi connectivity index (χ3n) is 4.10. The number of fused-ring (bicyclic) bond motifs is 1. The standard InChI is InChI=1S/C19H23N5O/c1-4-8-16(15-9-6-5-7-10-15)21-18(25)12-17-22-19-20-13(2)11-14(3)24(19)23-17/h5-7,9-11,16H,4,8,12H2,1-3H3,(H,21,25)/t16-/m1/s1. The van der Waals surface area contributed by atoms with E-state index in [1.165, 1.54) is 0 Å². The van der Waals surface area contributed by atoms with Gasteiger partial charge in [-0.3, -0.25) is 4.79 Å². The van der Waals surface area contributed by atoms with Gasteiger partial charge >= 0.3 is 0 Å². The molecule has 0 unspecified atom stereocenters. The molecule has 1 N–H and O–H groups in total. The van der Waals surface area contributed by atoms with Crippen molar-refractivity contribution in [1.29, 1.82) is 0 Å². The molecule has 6 nitrogen and oxygen atoms in total. The molecule has 25 heavy (non-hydrogen) atoms. The van der Waals surface area contributed by atoms with E-state index in [1.54, 1.807) is 4.52 Å². The summed E-state index contributed by atoms with van der Waals surface area (Å²) in [6.45, 7) is 5.98. The fourth-order valence-electron chi connectivity index (χ4n) is 2.97. The van der Waals surface area contributed by atoms with Crippen LogP contribution in [0.1, 0.15) is 48.6 Å². The van der Waals surface area contributed by atoms with Crippen LogP contribution in [0.4, 0.5) is 0 Å². The molecular formula is C19H23N5O. The first-order valence-electron chi connectivity index (χ1n) is 8.61. The Morgan fingerprint density at radius 2 is 1.96 bits per heavy atom. The lowest BCUT2D eigenvalue weighted by Gasteiger charge is -2.18. The lowest BCUT2D eigenvalue weighted by Crippen LogP contribution is -2.30. The van der Waals surface area contributed by atoms with Crippen LogP contribution in [0.15, 0.2) is 36.4 Å². The van der Waals surface area contributed by atoms with Gasteiger partial charge in [0.25, 0.3) is 5.78 Å². The molecule has 0 aliphatic heterocycles. The molecule has 0 bridgehead atoms. The molecule has 0 fully saturated rings. The van der Waals surface area contributed by atoms with E-state index in [0.717, 1.165) is 29.8 Å². The van der Waals surface area contributed by atoms with E-state index in [0.29, 0.717) is 11.6 Å². The zero-order chi connectivity index (χ0) is 17.8. The molecule has 3 rings (SSSR count). The van der Waals surface area contributed by atoms with E-state index < -0.39 is 0 Å². The van der Waals surface area contributed by atoms with Gasteiger partial charge in [0.05, 0.1) is 12.5 Å². The zero-order valence-electron chi connectivity index (χ0n) is 14.9. The monoisotopic (exact) mass is 337 g/mol. The quantitative estimate of drug-likeness (QED) is 0.750. The van der Waals surface area contributed by atoms with Crippen molar-refractivity contribution in [2.75, 3.05) is 0 Å². The van der Waals surface area contributed by atoms with Crippen molar-refractivity contribution in [1.82, 2.24) is 24.9 Å². The maximum absolute atomic E-state index is 12.5. The molecule has 6 heteroatoms. The summed E-state index contributed by atoms with van der Waals surface area (Å²) in [5.41, 5.74) is 2.96. The van der Waals surface area contributed by atoms with Gasteiger partial charge in [0.1, 0.15) is 0 Å². The first kappa shape index (κ1) is 17.1. The van der Waals surface area contributed by atoms with Crippen LogP contribution < -0.4 is 5.32 Å². The predicted octanol–water partition coefficient (Wildman–Crippen LogP) is 2.94. The Kier molecular flexibility index (Phi) is 5.07. The Balaban J connectivity index is 1.74. The number of carbonyl (C=O) groups excluding carboxylic acids is 1. The van der Waals surface area contributed by atoms with Gasteiger partial charge in [-0.15, -0.1) is 5.10 Å². The summed E-state index contributed by atoms with van der Waals surface area (Å²) >= 11 is 0. The summed E-state index contributed by atoms with van der Waals surface area (Å²) in [6.07, 6.45) is 2.04. The number of amides is 1. The average molecular weight is 337 g/mol. The lowest BCUT2D eigenvalue weighted by atomic mass is 10.0. The van der Waals surface area contributed by atoms with Crippen molar-refractivity contribution in [2.45, 2.75) is 46.1 Å². The van der Waals surface area contributed by atoms with Crippen LogP contribution in [0.3, 0.4) is 0 Å². The van der Waals surface area contributed by atoms with E-state index in [4.69, 9.17) is 0 Å². The molecule has 3 aromatic rings. The van der Waals surface area contributed by atoms with Crippen LogP contribution in [-0.2, 0) is 11.2 Å². The number of aryl methyl sites for hydroxylation is 2. The largest absolute Gasteiger partial charge is 0.349 e. The van der Waals surface area contributed by atoms with Gasteiger partial charge in [0.15, 0.2) is 5.82 Å². The Bertz CT molecular complexity index is 872. The van der Waals surface area contributed by atoms with Crippen LogP contribution in [0, 0.1) is 13.8 Å². The third-order valence-corrected chi connectivity index (χ3v) is 4.10. The van der Waals surface area contributed by atoms with E-state index >= 15 is 0 Å². The molecule has 130 valence electrons. The van der Waals surface area contributed by atoms with Gasteiger partial charge in [-0.25, -0.2) is 9.50 Å². The molecule has 0 aliphatic carbocycles. The second-order valence-corrected chi connectivity index (χ2v) is 6.27. The fourth-order valence-corrected chi connectivity index (χ4v) is 2.97. The van der Waals surface area contributed by atoms with Crippen molar-refractivity contribution < 1.29 is 4.79 Å². The van der Waals surface area contributed by atoms with Gasteiger partial charge in [-0.2, -0.15) is 4.98 Å². The number of nitrogens with zero attached hydrogens (tertiary/aromatic N) is 4. The van der Waals surface area contributed by atoms with Crippen LogP contribution in [-0.4, -0.2) is 25.5 Å². The minimum Gasteiger partial charge on any atom is -0.349 e. The Hall–Kier alpha value is -2.76. The highest BCUT2D eigenvalue weighted by atomic mass is 16.1. The highest BCUT2D eigenvalue weighted by molar-refractivity contribution is 5.78. The highest BCUT2D eigenvalue weighted by Gasteiger charge is 2.16. The van der Waals surface area contributed by atoms with Crippen LogP contribution in [0.5, 0.6) is 0 Å². The normalized spacial score (nSPS) is 12.3. The van der Waals surface area contributed by atoms with Crippen molar-refractivity contribution in [2.24, 2.45) is 0 Å². The van der Waals surface area contributed by atoms with Crippen molar-refractivity contribution in [3.8, 4) is 0 Å². The maximum atomic E-state index is 12.5. The minimum atomic E-state index is -0.0763. The minimum absolute atomic E-state index is 0.0119. The number of rotatable bonds is 6. The van der Waals surface area contributed by atoms with E-state index in [9.17, 15) is 4.79 Å². The highest BCUT2D eigenvalue weighted by Crippen LogP contribution is 2.18.